The molecule has 10 heteroatoms. The van der Waals surface area contributed by atoms with Crippen LogP contribution in [0, 0.1) is 21.7 Å². The lowest BCUT2D eigenvalue weighted by Crippen LogP contribution is -2.63. The zero-order valence-electron chi connectivity index (χ0n) is 23.7. The van der Waals surface area contributed by atoms with Crippen molar-refractivity contribution in [2.75, 3.05) is 6.61 Å². The van der Waals surface area contributed by atoms with E-state index >= 15 is 0 Å². The Balaban J connectivity index is 3.50. The van der Waals surface area contributed by atoms with Gasteiger partial charge in [-0.1, -0.05) is 0 Å². The number of carbonyl (C=O) groups is 4. The van der Waals surface area contributed by atoms with Gasteiger partial charge in [0.05, 0.1) is 21.7 Å². The summed E-state index contributed by atoms with van der Waals surface area (Å²) >= 11 is 0. The predicted octanol–water partition coefficient (Wildman–Crippen LogP) is 3.17. The number of rotatable bonds is 5. The maximum Gasteiger partial charge on any atom is 0.311 e. The summed E-state index contributed by atoms with van der Waals surface area (Å²) in [6.07, 6.45) is -7.25. The third-order valence-corrected chi connectivity index (χ3v) is 5.17. The van der Waals surface area contributed by atoms with Crippen molar-refractivity contribution in [1.82, 2.24) is 0 Å². The smallest absolute Gasteiger partial charge is 0.311 e. The summed E-state index contributed by atoms with van der Waals surface area (Å²) in [6.45, 7) is 19.2. The van der Waals surface area contributed by atoms with Crippen molar-refractivity contribution < 1.29 is 48.0 Å². The molecule has 1 rings (SSSR count). The van der Waals surface area contributed by atoms with Crippen LogP contribution in [0.25, 0.3) is 0 Å². The summed E-state index contributed by atoms with van der Waals surface area (Å²) in [7, 11) is 0. The van der Waals surface area contributed by atoms with Gasteiger partial charge in [0.2, 0.25) is 0 Å². The second kappa shape index (κ2) is 11.0. The van der Waals surface area contributed by atoms with Crippen molar-refractivity contribution in [1.29, 1.82) is 0 Å². The fraction of sp³-hybridized carbons (Fsp3) is 0.846. The maximum atomic E-state index is 12.9. The summed E-state index contributed by atoms with van der Waals surface area (Å²) in [4.78, 5) is 50.8. The first-order valence-corrected chi connectivity index (χ1v) is 12.1. The number of carbonyl (C=O) groups excluding carboxylic acids is 4. The van der Waals surface area contributed by atoms with Gasteiger partial charge in [0.25, 0.3) is 0 Å². The van der Waals surface area contributed by atoms with Crippen LogP contribution in [0.5, 0.6) is 0 Å². The van der Waals surface area contributed by atoms with Gasteiger partial charge >= 0.3 is 23.9 Å². The fourth-order valence-electron chi connectivity index (χ4n) is 2.71. The SMILES string of the molecule is CC(C)(C)C(=O)OC[C@@H]1O[C@@H](O)[C@@H](OC(=O)C(C)(C)C)[C@@H](OC(=O)C(C)(C)C)[C@H]1OC(=O)C(C)(C)C. The molecular weight excluding hydrogens is 472 g/mol. The normalized spacial score (nSPS) is 25.5. The van der Waals surface area contributed by atoms with Crippen LogP contribution in [-0.2, 0) is 42.9 Å². The van der Waals surface area contributed by atoms with E-state index in [2.05, 4.69) is 0 Å². The van der Waals surface area contributed by atoms with Crippen molar-refractivity contribution in [2.45, 2.75) is 114 Å². The van der Waals surface area contributed by atoms with Crippen LogP contribution in [0.2, 0.25) is 0 Å². The standard InChI is InChI=1S/C26H44O10/c1-23(2,3)19(28)32-13-14-15(34-20(29)24(4,5)6)16(35-21(30)25(7,8)9)17(18(27)33-14)36-22(31)26(10,11)12/h14-18,27H,13H2,1-12H3/t14-,15-,16-,17-,18+/m0/s1. The van der Waals surface area contributed by atoms with E-state index in [0.29, 0.717) is 0 Å². The van der Waals surface area contributed by atoms with Gasteiger partial charge in [-0.15, -0.1) is 0 Å². The number of aliphatic hydroxyl groups excluding tert-OH is 1. The van der Waals surface area contributed by atoms with Crippen LogP contribution in [0.1, 0.15) is 83.1 Å². The van der Waals surface area contributed by atoms with Gasteiger partial charge in [0.1, 0.15) is 12.7 Å². The Bertz CT molecular complexity index is 820. The molecule has 208 valence electrons. The lowest BCUT2D eigenvalue weighted by atomic mass is 9.93. The van der Waals surface area contributed by atoms with Crippen molar-refractivity contribution in [3.63, 3.8) is 0 Å². The minimum absolute atomic E-state index is 0.404. The van der Waals surface area contributed by atoms with E-state index in [1.54, 1.807) is 83.1 Å². The van der Waals surface area contributed by atoms with Gasteiger partial charge < -0.3 is 28.8 Å². The lowest BCUT2D eigenvalue weighted by molar-refractivity contribution is -0.300. The Morgan fingerprint density at radius 3 is 1.28 bits per heavy atom. The Labute approximate surface area is 214 Å². The third-order valence-electron chi connectivity index (χ3n) is 5.17. The molecular formula is C26H44O10. The largest absolute Gasteiger partial charge is 0.462 e. The molecule has 0 unspecified atom stereocenters. The highest BCUT2D eigenvalue weighted by Crippen LogP contribution is 2.33. The molecule has 1 aliphatic heterocycles. The molecule has 0 aromatic rings. The summed E-state index contributed by atoms with van der Waals surface area (Å²) in [6, 6.07) is 0. The predicted molar refractivity (Wildman–Crippen MR) is 129 cm³/mol. The van der Waals surface area contributed by atoms with Crippen molar-refractivity contribution >= 4 is 23.9 Å². The molecule has 0 aliphatic carbocycles. The molecule has 10 nitrogen and oxygen atoms in total. The van der Waals surface area contributed by atoms with E-state index in [1.165, 1.54) is 0 Å². The van der Waals surface area contributed by atoms with Crippen LogP contribution in [0.3, 0.4) is 0 Å². The Morgan fingerprint density at radius 1 is 0.583 bits per heavy atom. The average Bonchev–Trinajstić information content (AvgIpc) is 2.67. The molecule has 1 saturated heterocycles. The number of esters is 4. The average molecular weight is 517 g/mol. The molecule has 1 heterocycles. The fourth-order valence-corrected chi connectivity index (χ4v) is 2.71. The molecule has 1 N–H and O–H groups in total. The lowest BCUT2D eigenvalue weighted by Gasteiger charge is -2.44. The molecule has 0 spiro atoms. The van der Waals surface area contributed by atoms with Crippen LogP contribution in [-0.4, -0.2) is 66.3 Å². The van der Waals surface area contributed by atoms with Crippen LogP contribution in [0.4, 0.5) is 0 Å². The van der Waals surface area contributed by atoms with E-state index in [1.807, 2.05) is 0 Å². The van der Waals surface area contributed by atoms with Gasteiger partial charge in [0.15, 0.2) is 24.6 Å². The zero-order valence-corrected chi connectivity index (χ0v) is 23.7. The molecule has 0 aromatic carbocycles. The number of hydrogen-bond acceptors (Lipinski definition) is 10. The highest BCUT2D eigenvalue weighted by atomic mass is 16.7. The van der Waals surface area contributed by atoms with E-state index in [-0.39, 0.29) is 0 Å². The summed E-state index contributed by atoms with van der Waals surface area (Å²) < 4.78 is 28.0. The van der Waals surface area contributed by atoms with Gasteiger partial charge in [-0.25, -0.2) is 0 Å². The summed E-state index contributed by atoms with van der Waals surface area (Å²) in [5.41, 5.74) is -3.68. The molecule has 36 heavy (non-hydrogen) atoms. The third kappa shape index (κ3) is 8.73. The first kappa shape index (κ1) is 31.8. The van der Waals surface area contributed by atoms with Gasteiger partial charge in [-0.2, -0.15) is 0 Å². The second-order valence-electron chi connectivity index (χ2n) is 13.3. The quantitative estimate of drug-likeness (QED) is 0.429. The van der Waals surface area contributed by atoms with E-state index < -0.39 is 82.8 Å². The highest BCUT2D eigenvalue weighted by molar-refractivity contribution is 5.78. The molecule has 0 radical (unpaired) electrons. The Morgan fingerprint density at radius 2 is 0.917 bits per heavy atom. The van der Waals surface area contributed by atoms with Gasteiger partial charge in [0, 0.05) is 0 Å². The van der Waals surface area contributed by atoms with Crippen molar-refractivity contribution in [3.8, 4) is 0 Å². The minimum atomic E-state index is -1.75. The topological polar surface area (TPSA) is 135 Å². The molecule has 0 aromatic heterocycles. The van der Waals surface area contributed by atoms with E-state index in [4.69, 9.17) is 23.7 Å². The van der Waals surface area contributed by atoms with E-state index in [9.17, 15) is 24.3 Å². The molecule has 0 saturated carbocycles. The Kier molecular flexibility index (Phi) is 9.77. The Hall–Kier alpha value is -2.20. The molecule has 1 aliphatic rings. The molecule has 5 atom stereocenters. The number of aliphatic hydroxyl groups is 1. The second-order valence-corrected chi connectivity index (χ2v) is 13.3. The number of hydrogen-bond donors (Lipinski definition) is 1. The highest BCUT2D eigenvalue weighted by Gasteiger charge is 2.54. The maximum absolute atomic E-state index is 12.9. The van der Waals surface area contributed by atoms with E-state index in [0.717, 1.165) is 0 Å². The first-order valence-electron chi connectivity index (χ1n) is 12.1. The summed E-state index contributed by atoms with van der Waals surface area (Å²) in [5, 5.41) is 10.8. The van der Waals surface area contributed by atoms with Crippen LogP contribution in [0.15, 0.2) is 0 Å². The molecule has 0 amide bonds. The van der Waals surface area contributed by atoms with Crippen molar-refractivity contribution in [3.05, 3.63) is 0 Å². The van der Waals surface area contributed by atoms with Gasteiger partial charge in [-0.05, 0) is 83.1 Å². The first-order chi connectivity index (χ1) is 16.0. The monoisotopic (exact) mass is 516 g/mol. The minimum Gasteiger partial charge on any atom is -0.462 e. The molecule has 1 fully saturated rings. The van der Waals surface area contributed by atoms with Crippen LogP contribution < -0.4 is 0 Å². The van der Waals surface area contributed by atoms with Gasteiger partial charge in [-0.3, -0.25) is 19.2 Å². The molecule has 0 bridgehead atoms. The van der Waals surface area contributed by atoms with Crippen molar-refractivity contribution in [2.24, 2.45) is 21.7 Å². The zero-order chi connectivity index (χ0) is 28.4. The summed E-state index contributed by atoms with van der Waals surface area (Å²) in [5.74, 6) is -2.57. The van der Waals surface area contributed by atoms with Crippen LogP contribution >= 0.6 is 0 Å². The number of ether oxygens (including phenoxy) is 5.